The molecule has 13 unspecified atom stereocenters. The van der Waals surface area contributed by atoms with Crippen molar-refractivity contribution in [2.24, 2.45) is 69.3 Å². The molecule has 0 aliphatic heterocycles. The molecule has 0 heterocycles. The summed E-state index contributed by atoms with van der Waals surface area (Å²) in [4.78, 5) is 0. The fourth-order valence-electron chi connectivity index (χ4n) is 11.2. The Labute approximate surface area is 205 Å². The quantitative estimate of drug-likeness (QED) is 0.409. The summed E-state index contributed by atoms with van der Waals surface area (Å²) in [5, 5.41) is 0.634. The van der Waals surface area contributed by atoms with Gasteiger partial charge in [-0.15, -0.1) is 0 Å². The van der Waals surface area contributed by atoms with Crippen molar-refractivity contribution in [1.29, 1.82) is 0 Å². The lowest BCUT2D eigenvalue weighted by Gasteiger charge is -2.63. The third-order valence-electron chi connectivity index (χ3n) is 13.2. The molecule has 2 N–H and O–H groups in total. The summed E-state index contributed by atoms with van der Waals surface area (Å²) in [5.41, 5.74) is 8.78. The van der Waals surface area contributed by atoms with Crippen LogP contribution in [0.5, 0.6) is 0 Å². The van der Waals surface area contributed by atoms with E-state index in [0.29, 0.717) is 27.5 Å². The van der Waals surface area contributed by atoms with Crippen LogP contribution < -0.4 is 5.73 Å². The molecule has 0 spiro atoms. The first-order valence-electron chi connectivity index (χ1n) is 14.5. The van der Waals surface area contributed by atoms with E-state index < -0.39 is 0 Å². The number of hydrogen-bond acceptors (Lipinski definition) is 2. The fraction of sp³-hybridized carbons (Fsp3) is 1.00. The van der Waals surface area contributed by atoms with Gasteiger partial charge < -0.3 is 5.73 Å². The normalized spacial score (nSPS) is 57.9. The standard InChI is InChI=1S/C30H53NS/c1-7-18(2)10-12-28(4)16-20-14-24-23-9-8-21-15-22(32)11-13-29(21,5)27(23)25(31)17-30(24,6)26(20)19(28)3/h18-27,32H,7-17,31H2,1-6H3. The highest BCUT2D eigenvalue weighted by atomic mass is 32.1. The van der Waals surface area contributed by atoms with Crippen LogP contribution in [0.15, 0.2) is 0 Å². The first-order chi connectivity index (χ1) is 15.0. The molecular formula is C30H53NS. The second-order valence-corrected chi connectivity index (χ2v) is 15.3. The summed E-state index contributed by atoms with van der Waals surface area (Å²) in [7, 11) is 0. The van der Waals surface area contributed by atoms with E-state index in [1.807, 2.05) is 0 Å². The van der Waals surface area contributed by atoms with Crippen LogP contribution in [0.2, 0.25) is 0 Å². The van der Waals surface area contributed by atoms with E-state index >= 15 is 0 Å². The predicted molar refractivity (Wildman–Crippen MR) is 141 cm³/mol. The molecule has 32 heavy (non-hydrogen) atoms. The van der Waals surface area contributed by atoms with E-state index in [1.54, 1.807) is 0 Å². The minimum Gasteiger partial charge on any atom is -0.327 e. The molecule has 0 aromatic carbocycles. The molecule has 5 rings (SSSR count). The van der Waals surface area contributed by atoms with Gasteiger partial charge in [0.2, 0.25) is 0 Å². The molecule has 5 aliphatic carbocycles. The molecule has 2 heteroatoms. The monoisotopic (exact) mass is 459 g/mol. The number of fused-ring (bicyclic) bond motifs is 7. The Morgan fingerprint density at radius 1 is 1.00 bits per heavy atom. The summed E-state index contributed by atoms with van der Waals surface area (Å²) >= 11 is 4.90. The number of thiol groups is 1. The lowest BCUT2D eigenvalue weighted by Crippen LogP contribution is -2.61. The van der Waals surface area contributed by atoms with Gasteiger partial charge in [-0.3, -0.25) is 0 Å². The highest BCUT2D eigenvalue weighted by Gasteiger charge is 2.68. The molecule has 0 amide bonds. The molecule has 1 nitrogen and oxygen atoms in total. The minimum atomic E-state index is 0.420. The van der Waals surface area contributed by atoms with Crippen molar-refractivity contribution in [3.05, 3.63) is 0 Å². The highest BCUT2D eigenvalue weighted by Crippen LogP contribution is 2.73. The average molecular weight is 460 g/mol. The van der Waals surface area contributed by atoms with E-state index in [2.05, 4.69) is 41.5 Å². The third-order valence-corrected chi connectivity index (χ3v) is 13.6. The minimum absolute atomic E-state index is 0.420. The van der Waals surface area contributed by atoms with E-state index in [4.69, 9.17) is 18.4 Å². The molecule has 0 radical (unpaired) electrons. The largest absolute Gasteiger partial charge is 0.327 e. The van der Waals surface area contributed by atoms with Crippen LogP contribution in [0.1, 0.15) is 112 Å². The van der Waals surface area contributed by atoms with Crippen molar-refractivity contribution in [2.75, 3.05) is 0 Å². The topological polar surface area (TPSA) is 26.0 Å². The molecule has 0 aromatic rings. The van der Waals surface area contributed by atoms with Crippen molar-refractivity contribution >= 4 is 12.6 Å². The number of rotatable bonds is 4. The van der Waals surface area contributed by atoms with Crippen LogP contribution in [-0.4, -0.2) is 11.3 Å². The van der Waals surface area contributed by atoms with Gasteiger partial charge in [0.25, 0.3) is 0 Å². The smallest absolute Gasteiger partial charge is 0.00806 e. The number of hydrogen-bond donors (Lipinski definition) is 2. The predicted octanol–water partition coefficient (Wildman–Crippen LogP) is 7.98. The van der Waals surface area contributed by atoms with Crippen LogP contribution in [0, 0.1) is 63.6 Å². The van der Waals surface area contributed by atoms with Gasteiger partial charge in [-0.05, 0) is 121 Å². The highest BCUT2D eigenvalue weighted by molar-refractivity contribution is 7.80. The SMILES string of the molecule is CCC(C)CCC1(C)CC2CC3C4CCC5CC(S)CCC5(C)C4C(N)CC3(C)C2C1C. The van der Waals surface area contributed by atoms with Crippen LogP contribution in [0.4, 0.5) is 0 Å². The second kappa shape index (κ2) is 8.18. The van der Waals surface area contributed by atoms with E-state index in [0.717, 1.165) is 47.3 Å². The summed E-state index contributed by atoms with van der Waals surface area (Å²) < 4.78 is 0. The molecular weight excluding hydrogens is 406 g/mol. The Bertz CT molecular complexity index is 707. The van der Waals surface area contributed by atoms with E-state index in [-0.39, 0.29) is 0 Å². The number of nitrogens with two attached hydrogens (primary N) is 1. The zero-order chi connectivity index (χ0) is 23.1. The zero-order valence-electron chi connectivity index (χ0n) is 22.1. The van der Waals surface area contributed by atoms with Crippen molar-refractivity contribution in [3.8, 4) is 0 Å². The summed E-state index contributed by atoms with van der Waals surface area (Å²) in [6, 6.07) is 0.420. The molecule has 5 saturated carbocycles. The molecule has 0 saturated heterocycles. The van der Waals surface area contributed by atoms with Gasteiger partial charge in [-0.1, -0.05) is 54.4 Å². The molecule has 184 valence electrons. The first kappa shape index (κ1) is 24.0. The maximum Gasteiger partial charge on any atom is 0.00806 e. The summed E-state index contributed by atoms with van der Waals surface area (Å²) in [5.74, 6) is 7.11. The Kier molecular flexibility index (Phi) is 6.14. The van der Waals surface area contributed by atoms with E-state index in [1.165, 1.54) is 70.6 Å². The van der Waals surface area contributed by atoms with Crippen molar-refractivity contribution in [3.63, 3.8) is 0 Å². The van der Waals surface area contributed by atoms with Crippen molar-refractivity contribution in [1.82, 2.24) is 0 Å². The van der Waals surface area contributed by atoms with Gasteiger partial charge in [0.15, 0.2) is 0 Å². The fourth-order valence-corrected chi connectivity index (χ4v) is 11.6. The summed E-state index contributed by atoms with van der Waals surface area (Å²) in [6.45, 7) is 15.5. The lowest BCUT2D eigenvalue weighted by atomic mass is 9.43. The first-order valence-corrected chi connectivity index (χ1v) is 15.0. The summed E-state index contributed by atoms with van der Waals surface area (Å²) in [6.07, 6.45) is 15.5. The van der Waals surface area contributed by atoms with Crippen LogP contribution in [-0.2, 0) is 0 Å². The van der Waals surface area contributed by atoms with Crippen molar-refractivity contribution in [2.45, 2.75) is 123 Å². The Morgan fingerprint density at radius 3 is 2.47 bits per heavy atom. The Hall–Kier alpha value is 0.310. The maximum absolute atomic E-state index is 7.25. The Balaban J connectivity index is 1.39. The van der Waals surface area contributed by atoms with Crippen LogP contribution in [0.3, 0.4) is 0 Å². The van der Waals surface area contributed by atoms with Crippen molar-refractivity contribution < 1.29 is 0 Å². The van der Waals surface area contributed by atoms with Gasteiger partial charge in [0.1, 0.15) is 0 Å². The van der Waals surface area contributed by atoms with Gasteiger partial charge in [-0.25, -0.2) is 0 Å². The molecule has 0 bridgehead atoms. The van der Waals surface area contributed by atoms with Gasteiger partial charge in [0, 0.05) is 11.3 Å². The second-order valence-electron chi connectivity index (χ2n) is 14.6. The van der Waals surface area contributed by atoms with Gasteiger partial charge in [0.05, 0.1) is 0 Å². The molecule has 5 fully saturated rings. The maximum atomic E-state index is 7.25. The van der Waals surface area contributed by atoms with Gasteiger partial charge >= 0.3 is 0 Å². The molecule has 0 aromatic heterocycles. The Morgan fingerprint density at radius 2 is 1.75 bits per heavy atom. The zero-order valence-corrected chi connectivity index (χ0v) is 23.0. The van der Waals surface area contributed by atoms with E-state index in [9.17, 15) is 0 Å². The average Bonchev–Trinajstić information content (AvgIpc) is 3.16. The third kappa shape index (κ3) is 3.42. The van der Waals surface area contributed by atoms with Crippen LogP contribution >= 0.6 is 12.6 Å². The molecule has 5 aliphatic rings. The van der Waals surface area contributed by atoms with Crippen LogP contribution in [0.25, 0.3) is 0 Å². The molecule has 13 atom stereocenters. The lowest BCUT2D eigenvalue weighted by molar-refractivity contribution is -0.125. The van der Waals surface area contributed by atoms with Gasteiger partial charge in [-0.2, -0.15) is 12.6 Å².